The molecule has 2 N–H and O–H groups in total. The molecule has 12 heteroatoms. The van der Waals surface area contributed by atoms with Crippen molar-refractivity contribution in [3.05, 3.63) is 65.1 Å². The topological polar surface area (TPSA) is 102 Å². The number of ether oxygens (including phenoxy) is 2. The number of amides is 1. The fraction of sp³-hybridized carbons (Fsp3) is 0.360. The quantitative estimate of drug-likeness (QED) is 0.252. The number of morpholine rings is 1. The molecule has 0 atom stereocenters. The first-order valence-corrected chi connectivity index (χ1v) is 13.7. The number of pyridine rings is 1. The van der Waals surface area contributed by atoms with Gasteiger partial charge in [0.2, 0.25) is 0 Å². The third-order valence-electron chi connectivity index (χ3n) is 5.41. The minimum absolute atomic E-state index is 0.0410. The second kappa shape index (κ2) is 13.4. The lowest BCUT2D eigenvalue weighted by molar-refractivity contribution is 0.122. The van der Waals surface area contributed by atoms with Crippen LogP contribution in [0.25, 0.3) is 0 Å². The monoisotopic (exact) mass is 544 g/mol. The molecule has 1 fully saturated rings. The van der Waals surface area contributed by atoms with Crippen molar-refractivity contribution in [2.45, 2.75) is 30.0 Å². The Bertz CT molecular complexity index is 1220. The second-order valence-corrected chi connectivity index (χ2v) is 10.4. The number of halogens is 1. The lowest BCUT2D eigenvalue weighted by atomic mass is 10.2. The van der Waals surface area contributed by atoms with Crippen LogP contribution in [0.5, 0.6) is 0 Å². The van der Waals surface area contributed by atoms with Gasteiger partial charge < -0.3 is 19.7 Å². The van der Waals surface area contributed by atoms with E-state index in [0.29, 0.717) is 31.3 Å². The molecule has 2 aromatic heterocycles. The van der Waals surface area contributed by atoms with E-state index in [1.54, 1.807) is 35.2 Å². The molecule has 0 saturated carbocycles. The van der Waals surface area contributed by atoms with Crippen molar-refractivity contribution in [1.82, 2.24) is 15.2 Å². The summed E-state index contributed by atoms with van der Waals surface area (Å²) in [5.74, 6) is 0.812. The van der Waals surface area contributed by atoms with Crippen LogP contribution < -0.4 is 15.5 Å². The first-order valence-electron chi connectivity index (χ1n) is 11.9. The molecule has 0 bridgehead atoms. The number of carbonyl (C=O) groups is 1. The van der Waals surface area contributed by atoms with Gasteiger partial charge in [-0.05, 0) is 30.2 Å². The summed E-state index contributed by atoms with van der Waals surface area (Å²) in [6.45, 7) is 8.96. The largest absolute Gasteiger partial charge is 0.445 e. The third kappa shape index (κ3) is 7.88. The van der Waals surface area contributed by atoms with Crippen LogP contribution in [0.4, 0.5) is 26.4 Å². The number of hydrogen-bond donors (Lipinski definition) is 2. The van der Waals surface area contributed by atoms with E-state index in [1.165, 1.54) is 12.1 Å². The second-order valence-electron chi connectivity index (χ2n) is 8.09. The van der Waals surface area contributed by atoms with Gasteiger partial charge in [0, 0.05) is 37.1 Å². The number of thioether (sulfide) groups is 1. The Labute approximate surface area is 223 Å². The Morgan fingerprint density at radius 2 is 2.14 bits per heavy atom. The highest BCUT2D eigenvalue weighted by molar-refractivity contribution is 8.00. The Balaban J connectivity index is 1.47. The van der Waals surface area contributed by atoms with Crippen molar-refractivity contribution < 1.29 is 18.7 Å². The van der Waals surface area contributed by atoms with Crippen LogP contribution in [0.15, 0.2) is 47.3 Å². The summed E-state index contributed by atoms with van der Waals surface area (Å²) in [4.78, 5) is 18.9. The van der Waals surface area contributed by atoms with Crippen molar-refractivity contribution in [3.63, 3.8) is 0 Å². The van der Waals surface area contributed by atoms with Gasteiger partial charge in [-0.1, -0.05) is 48.7 Å². The first-order chi connectivity index (χ1) is 18.0. The van der Waals surface area contributed by atoms with E-state index < -0.39 is 11.9 Å². The van der Waals surface area contributed by atoms with Gasteiger partial charge in [0.1, 0.15) is 23.2 Å². The van der Waals surface area contributed by atoms with E-state index in [1.807, 2.05) is 6.07 Å². The number of carbonyl (C=O) groups excluding carboxylic acids is 1. The van der Waals surface area contributed by atoms with Crippen LogP contribution in [-0.2, 0) is 28.2 Å². The first kappa shape index (κ1) is 26.8. The van der Waals surface area contributed by atoms with Gasteiger partial charge in [0.05, 0.1) is 24.6 Å². The van der Waals surface area contributed by atoms with Crippen molar-refractivity contribution >= 4 is 46.4 Å². The zero-order valence-electron chi connectivity index (χ0n) is 20.5. The molecule has 0 spiro atoms. The summed E-state index contributed by atoms with van der Waals surface area (Å²) < 4.78 is 25.5. The molecule has 1 aliphatic heterocycles. The summed E-state index contributed by atoms with van der Waals surface area (Å²) in [6, 6.07) is 8.65. The number of aryl methyl sites for hydroxylation is 1. The predicted molar refractivity (Wildman–Crippen MR) is 145 cm³/mol. The summed E-state index contributed by atoms with van der Waals surface area (Å²) in [5.41, 5.74) is 2.80. The molecule has 0 aliphatic carbocycles. The number of benzene rings is 1. The van der Waals surface area contributed by atoms with E-state index >= 15 is 0 Å². The molecule has 0 radical (unpaired) electrons. The number of anilines is 3. The van der Waals surface area contributed by atoms with Gasteiger partial charge in [-0.25, -0.2) is 14.2 Å². The van der Waals surface area contributed by atoms with Crippen molar-refractivity contribution in [3.8, 4) is 0 Å². The van der Waals surface area contributed by atoms with E-state index in [0.717, 1.165) is 45.8 Å². The SMILES string of the molecule is C=CCOC(=O)Nc1cc(CNc2cc(N3CCOCC3)cc(CSc3nnc(CC)s3)n2)ccc1F. The zero-order chi connectivity index (χ0) is 26.0. The minimum Gasteiger partial charge on any atom is -0.445 e. The standard InChI is InChI=1S/C25H29FN6O3S2/c1-3-9-35-24(33)29-21-12-17(5-6-20(21)26)15-27-22-14-19(32-7-10-34-11-8-32)13-18(28-22)16-36-25-31-30-23(4-2)37-25/h3,5-6,12-14H,1,4,7-11,15-16H2,2H3,(H,27,28)(H,29,33). The van der Waals surface area contributed by atoms with E-state index in [-0.39, 0.29) is 12.3 Å². The molecule has 1 saturated heterocycles. The molecule has 37 heavy (non-hydrogen) atoms. The molecule has 3 aromatic rings. The minimum atomic E-state index is -0.743. The van der Waals surface area contributed by atoms with Gasteiger partial charge in [0.15, 0.2) is 4.34 Å². The summed E-state index contributed by atoms with van der Waals surface area (Å²) in [7, 11) is 0. The van der Waals surface area contributed by atoms with E-state index in [9.17, 15) is 9.18 Å². The molecule has 3 heterocycles. The molecular weight excluding hydrogens is 515 g/mol. The molecule has 4 rings (SSSR count). The van der Waals surface area contributed by atoms with Gasteiger partial charge in [-0.2, -0.15) is 0 Å². The molecule has 1 aromatic carbocycles. The molecule has 196 valence electrons. The fourth-order valence-electron chi connectivity index (χ4n) is 3.57. The van der Waals surface area contributed by atoms with Crippen LogP contribution in [0, 0.1) is 5.82 Å². The van der Waals surface area contributed by atoms with E-state index in [4.69, 9.17) is 14.5 Å². The molecule has 9 nitrogen and oxygen atoms in total. The highest BCUT2D eigenvalue weighted by atomic mass is 32.2. The number of nitrogens with one attached hydrogen (secondary N) is 2. The highest BCUT2D eigenvalue weighted by Gasteiger charge is 2.15. The Morgan fingerprint density at radius 1 is 1.30 bits per heavy atom. The zero-order valence-corrected chi connectivity index (χ0v) is 22.2. The van der Waals surface area contributed by atoms with Gasteiger partial charge in [0.25, 0.3) is 0 Å². The normalized spacial score (nSPS) is 13.3. The maximum atomic E-state index is 14.2. The number of nitrogens with zero attached hydrogens (tertiary/aromatic N) is 4. The van der Waals surface area contributed by atoms with Crippen LogP contribution in [0.1, 0.15) is 23.2 Å². The van der Waals surface area contributed by atoms with Crippen LogP contribution in [0.3, 0.4) is 0 Å². The molecular formula is C25H29FN6O3S2. The summed E-state index contributed by atoms with van der Waals surface area (Å²) in [6.07, 6.45) is 1.57. The smallest absolute Gasteiger partial charge is 0.412 e. The maximum absolute atomic E-state index is 14.2. The lowest BCUT2D eigenvalue weighted by Crippen LogP contribution is -2.36. The summed E-state index contributed by atoms with van der Waals surface area (Å²) >= 11 is 3.22. The average molecular weight is 545 g/mol. The van der Waals surface area contributed by atoms with Gasteiger partial charge >= 0.3 is 6.09 Å². The van der Waals surface area contributed by atoms with Crippen LogP contribution >= 0.6 is 23.1 Å². The van der Waals surface area contributed by atoms with E-state index in [2.05, 4.69) is 45.3 Å². The molecule has 1 amide bonds. The number of hydrogen-bond acceptors (Lipinski definition) is 10. The maximum Gasteiger partial charge on any atom is 0.412 e. The number of aromatic nitrogens is 3. The van der Waals surface area contributed by atoms with Crippen LogP contribution in [0.2, 0.25) is 0 Å². The number of rotatable bonds is 11. The molecule has 1 aliphatic rings. The van der Waals surface area contributed by atoms with Gasteiger partial charge in [-0.15, -0.1) is 10.2 Å². The highest BCUT2D eigenvalue weighted by Crippen LogP contribution is 2.29. The average Bonchev–Trinajstić information content (AvgIpc) is 3.40. The van der Waals surface area contributed by atoms with Crippen molar-refractivity contribution in [1.29, 1.82) is 0 Å². The fourth-order valence-corrected chi connectivity index (χ4v) is 5.29. The van der Waals surface area contributed by atoms with Crippen molar-refractivity contribution in [2.24, 2.45) is 0 Å². The Kier molecular flexibility index (Phi) is 9.69. The van der Waals surface area contributed by atoms with Crippen LogP contribution in [-0.4, -0.2) is 54.2 Å². The molecule has 0 unspecified atom stereocenters. The Morgan fingerprint density at radius 3 is 2.89 bits per heavy atom. The van der Waals surface area contributed by atoms with Gasteiger partial charge in [-0.3, -0.25) is 5.32 Å². The predicted octanol–water partition coefficient (Wildman–Crippen LogP) is 5.11. The van der Waals surface area contributed by atoms with Crippen molar-refractivity contribution in [2.75, 3.05) is 48.4 Å². The lowest BCUT2D eigenvalue weighted by Gasteiger charge is -2.29. The Hall–Kier alpha value is -3.22. The summed E-state index contributed by atoms with van der Waals surface area (Å²) in [5, 5.41) is 15.2. The third-order valence-corrected chi connectivity index (χ3v) is 7.64.